The van der Waals surface area contributed by atoms with Gasteiger partial charge >= 0.3 is 5.97 Å². The molecule has 0 bridgehead atoms. The summed E-state index contributed by atoms with van der Waals surface area (Å²) in [7, 11) is 0. The second-order valence-electron chi connectivity index (χ2n) is 5.17. The van der Waals surface area contributed by atoms with Crippen molar-refractivity contribution in [3.63, 3.8) is 0 Å². The first-order valence-electron chi connectivity index (χ1n) is 7.05. The Morgan fingerprint density at radius 3 is 2.35 bits per heavy atom. The van der Waals surface area contributed by atoms with Gasteiger partial charge in [0.1, 0.15) is 17.2 Å². The van der Waals surface area contributed by atoms with Crippen LogP contribution in [0.25, 0.3) is 0 Å². The maximum absolute atomic E-state index is 13.1. The lowest BCUT2D eigenvalue weighted by Gasteiger charge is -2.27. The number of nitrogens with zero attached hydrogens (tertiary/aromatic N) is 1. The summed E-state index contributed by atoms with van der Waals surface area (Å²) in [5, 5.41) is 8.98. The van der Waals surface area contributed by atoms with Crippen molar-refractivity contribution in [2.45, 2.75) is 11.4 Å². The van der Waals surface area contributed by atoms with Gasteiger partial charge in [0, 0.05) is 11.3 Å². The number of aliphatic carboxylic acids is 1. The number of amides is 1. The molecule has 2 atom stereocenters. The Bertz CT molecular complexity index is 720. The van der Waals surface area contributed by atoms with Gasteiger partial charge in [0.05, 0.1) is 0 Å². The summed E-state index contributed by atoms with van der Waals surface area (Å²) in [5.41, 5.74) is 1.15. The van der Waals surface area contributed by atoms with Crippen LogP contribution in [0.5, 0.6) is 0 Å². The van der Waals surface area contributed by atoms with Crippen molar-refractivity contribution in [1.82, 2.24) is 4.90 Å². The van der Waals surface area contributed by atoms with Crippen LogP contribution in [-0.4, -0.2) is 33.7 Å². The summed E-state index contributed by atoms with van der Waals surface area (Å²) in [6.45, 7) is 0. The summed E-state index contributed by atoms with van der Waals surface area (Å²) >= 11 is 1.37. The molecule has 1 fully saturated rings. The van der Waals surface area contributed by atoms with Crippen molar-refractivity contribution in [2.75, 3.05) is 5.75 Å². The van der Waals surface area contributed by atoms with E-state index in [1.165, 1.54) is 28.8 Å². The number of benzene rings is 2. The molecule has 118 valence electrons. The number of thioether (sulfide) groups is 1. The summed E-state index contributed by atoms with van der Waals surface area (Å²) in [6, 6.07) is 13.5. The molecule has 1 amide bonds. The molecular formula is C17H14FNO3S. The van der Waals surface area contributed by atoms with Crippen LogP contribution in [0, 0.1) is 5.82 Å². The van der Waals surface area contributed by atoms with Crippen molar-refractivity contribution in [3.8, 4) is 0 Å². The number of hydrogen-bond donors (Lipinski definition) is 1. The third kappa shape index (κ3) is 3.07. The summed E-state index contributed by atoms with van der Waals surface area (Å²) in [4.78, 5) is 25.7. The van der Waals surface area contributed by atoms with E-state index < -0.39 is 17.4 Å². The van der Waals surface area contributed by atoms with Gasteiger partial charge in [-0.25, -0.2) is 9.18 Å². The monoisotopic (exact) mass is 331 g/mol. The topological polar surface area (TPSA) is 57.6 Å². The van der Waals surface area contributed by atoms with Crippen LogP contribution >= 0.6 is 11.8 Å². The quantitative estimate of drug-likeness (QED) is 0.938. The molecule has 23 heavy (non-hydrogen) atoms. The number of carboxylic acid groups (broad SMARTS) is 1. The highest BCUT2D eigenvalue weighted by molar-refractivity contribution is 7.99. The standard InChI is InChI=1S/C17H14FNO3S/c18-13-8-6-12(7-9-13)16-19(14(10-23-16)17(21)22)15(20)11-4-2-1-3-5-11/h1-9,14,16H,10H2,(H,21,22)/t14-,16-/m1/s1. The molecule has 2 aromatic carbocycles. The molecule has 0 spiro atoms. The largest absolute Gasteiger partial charge is 0.480 e. The van der Waals surface area contributed by atoms with Crippen LogP contribution < -0.4 is 0 Å². The minimum absolute atomic E-state index is 0.302. The van der Waals surface area contributed by atoms with Gasteiger partial charge in [-0.2, -0.15) is 0 Å². The maximum atomic E-state index is 13.1. The van der Waals surface area contributed by atoms with Gasteiger partial charge in [0.25, 0.3) is 5.91 Å². The van der Waals surface area contributed by atoms with Crippen LogP contribution in [0.4, 0.5) is 4.39 Å². The van der Waals surface area contributed by atoms with Crippen LogP contribution in [0.3, 0.4) is 0 Å². The lowest BCUT2D eigenvalue weighted by molar-refractivity contribution is -0.141. The molecule has 2 aromatic rings. The van der Waals surface area contributed by atoms with Gasteiger partial charge in [0.15, 0.2) is 0 Å². The predicted molar refractivity (Wildman–Crippen MR) is 85.6 cm³/mol. The highest BCUT2D eigenvalue weighted by Crippen LogP contribution is 2.42. The van der Waals surface area contributed by atoms with Gasteiger partial charge in [-0.3, -0.25) is 4.79 Å². The first kappa shape index (κ1) is 15.6. The van der Waals surface area contributed by atoms with Crippen LogP contribution in [0.2, 0.25) is 0 Å². The Morgan fingerprint density at radius 2 is 1.74 bits per heavy atom. The molecule has 0 saturated carbocycles. The van der Waals surface area contributed by atoms with E-state index >= 15 is 0 Å². The van der Waals surface area contributed by atoms with E-state index in [1.54, 1.807) is 42.5 Å². The molecule has 0 aliphatic carbocycles. The van der Waals surface area contributed by atoms with Gasteiger partial charge in [-0.15, -0.1) is 11.8 Å². The fraction of sp³-hybridized carbons (Fsp3) is 0.176. The minimum Gasteiger partial charge on any atom is -0.480 e. The third-order valence-corrected chi connectivity index (χ3v) is 5.02. The molecule has 3 rings (SSSR count). The van der Waals surface area contributed by atoms with Crippen molar-refractivity contribution >= 4 is 23.6 Å². The Morgan fingerprint density at radius 1 is 1.09 bits per heavy atom. The molecule has 1 N–H and O–H groups in total. The van der Waals surface area contributed by atoms with Crippen molar-refractivity contribution in [1.29, 1.82) is 0 Å². The number of hydrogen-bond acceptors (Lipinski definition) is 3. The molecule has 1 heterocycles. The Hall–Kier alpha value is -2.34. The lowest BCUT2D eigenvalue weighted by Crippen LogP contribution is -2.42. The number of carbonyl (C=O) groups is 2. The zero-order chi connectivity index (χ0) is 16.4. The van der Waals surface area contributed by atoms with Gasteiger partial charge in [-0.05, 0) is 29.8 Å². The smallest absolute Gasteiger partial charge is 0.327 e. The molecule has 1 saturated heterocycles. The maximum Gasteiger partial charge on any atom is 0.327 e. The zero-order valence-electron chi connectivity index (χ0n) is 12.1. The highest BCUT2D eigenvalue weighted by Gasteiger charge is 2.42. The summed E-state index contributed by atoms with van der Waals surface area (Å²) in [6.07, 6.45) is 0. The second kappa shape index (κ2) is 6.42. The second-order valence-corrected chi connectivity index (χ2v) is 6.28. The summed E-state index contributed by atoms with van der Waals surface area (Å²) in [5.74, 6) is -1.44. The van der Waals surface area contributed by atoms with Crippen molar-refractivity contribution in [2.24, 2.45) is 0 Å². The third-order valence-electron chi connectivity index (χ3n) is 3.70. The van der Waals surface area contributed by atoms with Crippen molar-refractivity contribution in [3.05, 3.63) is 71.5 Å². The van der Waals surface area contributed by atoms with E-state index in [1.807, 2.05) is 0 Å². The lowest BCUT2D eigenvalue weighted by atomic mass is 10.1. The molecule has 0 unspecified atom stereocenters. The molecule has 6 heteroatoms. The molecule has 1 aliphatic heterocycles. The normalized spacial score (nSPS) is 20.5. The SMILES string of the molecule is O=C(O)[C@H]1CS[C@H](c2ccc(F)cc2)N1C(=O)c1ccccc1. The average Bonchev–Trinajstić information content (AvgIpc) is 3.01. The molecular weight excluding hydrogens is 317 g/mol. The number of halogens is 1. The molecule has 0 radical (unpaired) electrons. The first-order chi connectivity index (χ1) is 11.1. The van der Waals surface area contributed by atoms with E-state index in [9.17, 15) is 19.1 Å². The highest BCUT2D eigenvalue weighted by atomic mass is 32.2. The van der Waals surface area contributed by atoms with Crippen LogP contribution in [-0.2, 0) is 4.79 Å². The first-order valence-corrected chi connectivity index (χ1v) is 8.10. The minimum atomic E-state index is -1.04. The fourth-order valence-corrected chi connectivity index (χ4v) is 3.98. The van der Waals surface area contributed by atoms with Gasteiger partial charge < -0.3 is 10.0 Å². The Kier molecular flexibility index (Phi) is 4.34. The Balaban J connectivity index is 1.97. The number of rotatable bonds is 3. The molecule has 4 nitrogen and oxygen atoms in total. The van der Waals surface area contributed by atoms with E-state index in [4.69, 9.17) is 0 Å². The van der Waals surface area contributed by atoms with E-state index in [2.05, 4.69) is 0 Å². The van der Waals surface area contributed by atoms with Crippen LogP contribution in [0.1, 0.15) is 21.3 Å². The van der Waals surface area contributed by atoms with Gasteiger partial charge in [0.2, 0.25) is 0 Å². The zero-order valence-corrected chi connectivity index (χ0v) is 12.9. The van der Waals surface area contributed by atoms with E-state index in [0.717, 1.165) is 0 Å². The number of carboxylic acids is 1. The van der Waals surface area contributed by atoms with Crippen LogP contribution in [0.15, 0.2) is 54.6 Å². The fourth-order valence-electron chi connectivity index (χ4n) is 2.56. The average molecular weight is 331 g/mol. The summed E-state index contributed by atoms with van der Waals surface area (Å²) < 4.78 is 13.1. The van der Waals surface area contributed by atoms with Gasteiger partial charge in [-0.1, -0.05) is 30.3 Å². The van der Waals surface area contributed by atoms with E-state index in [-0.39, 0.29) is 11.7 Å². The molecule has 1 aliphatic rings. The Labute approximate surface area is 136 Å². The predicted octanol–water partition coefficient (Wildman–Crippen LogP) is 3.17. The number of carbonyl (C=O) groups excluding carboxylic acids is 1. The van der Waals surface area contributed by atoms with Crippen molar-refractivity contribution < 1.29 is 19.1 Å². The molecule has 0 aromatic heterocycles. The van der Waals surface area contributed by atoms with E-state index in [0.29, 0.717) is 16.9 Å².